The van der Waals surface area contributed by atoms with Gasteiger partial charge in [-0.15, -0.1) is 0 Å². The summed E-state index contributed by atoms with van der Waals surface area (Å²) in [5.74, 6) is 0.780. The van der Waals surface area contributed by atoms with Gasteiger partial charge in [-0.3, -0.25) is 14.7 Å². The Kier molecular flexibility index (Phi) is 3.53. The van der Waals surface area contributed by atoms with Gasteiger partial charge in [0.25, 0.3) is 5.56 Å². The number of H-pyrrole nitrogens is 1. The number of nitrogens with one attached hydrogen (secondary N) is 2. The molecule has 0 unspecified atom stereocenters. The van der Waals surface area contributed by atoms with Crippen molar-refractivity contribution in [1.82, 2.24) is 19.9 Å². The van der Waals surface area contributed by atoms with Gasteiger partial charge in [0.1, 0.15) is 0 Å². The second-order valence-corrected chi connectivity index (χ2v) is 5.82. The molecule has 1 saturated carbocycles. The Labute approximate surface area is 122 Å². The molecule has 2 aromatic rings. The molecule has 1 amide bonds. The second kappa shape index (κ2) is 5.35. The average molecular weight is 288 g/mol. The van der Waals surface area contributed by atoms with Crippen LogP contribution in [0.1, 0.15) is 36.2 Å². The molecule has 21 heavy (non-hydrogen) atoms. The molecule has 0 bridgehead atoms. The van der Waals surface area contributed by atoms with Gasteiger partial charge in [-0.1, -0.05) is 0 Å². The van der Waals surface area contributed by atoms with Crippen LogP contribution < -0.4 is 10.9 Å². The Balaban J connectivity index is 1.73. The zero-order valence-electron chi connectivity index (χ0n) is 12.4. The number of nitrogens with zero attached hydrogens (tertiary/aromatic N) is 2. The molecule has 1 aliphatic rings. The van der Waals surface area contributed by atoms with E-state index in [1.54, 1.807) is 4.52 Å². The van der Waals surface area contributed by atoms with Crippen LogP contribution in [-0.4, -0.2) is 27.0 Å². The van der Waals surface area contributed by atoms with Crippen LogP contribution >= 0.6 is 0 Å². The summed E-state index contributed by atoms with van der Waals surface area (Å²) in [5.41, 5.74) is 3.30. The first-order valence-electron chi connectivity index (χ1n) is 7.39. The lowest BCUT2D eigenvalue weighted by Gasteiger charge is -2.11. The highest BCUT2D eigenvalue weighted by Crippen LogP contribution is 2.27. The summed E-state index contributed by atoms with van der Waals surface area (Å²) in [6, 6.07) is 1.48. The number of carbonyl (C=O) groups is 1. The van der Waals surface area contributed by atoms with Gasteiger partial charge in [-0.05, 0) is 44.6 Å². The molecule has 112 valence electrons. The first-order chi connectivity index (χ1) is 10.0. The van der Waals surface area contributed by atoms with Crippen LogP contribution in [-0.2, 0) is 11.2 Å². The summed E-state index contributed by atoms with van der Waals surface area (Å²) >= 11 is 0. The lowest BCUT2D eigenvalue weighted by Crippen LogP contribution is -2.26. The molecule has 0 atom stereocenters. The molecular formula is C15H20N4O2. The molecule has 0 aromatic carbocycles. The van der Waals surface area contributed by atoms with E-state index in [0.717, 1.165) is 23.5 Å². The number of aryl methyl sites for hydroxylation is 2. The fourth-order valence-electron chi connectivity index (χ4n) is 2.62. The van der Waals surface area contributed by atoms with Crippen LogP contribution in [0.15, 0.2) is 10.9 Å². The number of amides is 1. The normalized spacial score (nSPS) is 14.6. The van der Waals surface area contributed by atoms with Crippen LogP contribution in [0.4, 0.5) is 0 Å². The molecule has 2 heterocycles. The lowest BCUT2D eigenvalue weighted by atomic mass is 10.1. The van der Waals surface area contributed by atoms with Crippen LogP contribution in [0.5, 0.6) is 0 Å². The molecule has 6 nitrogen and oxygen atoms in total. The van der Waals surface area contributed by atoms with Crippen molar-refractivity contribution in [3.05, 3.63) is 33.4 Å². The van der Waals surface area contributed by atoms with Crippen LogP contribution in [0, 0.1) is 19.8 Å². The summed E-state index contributed by atoms with van der Waals surface area (Å²) in [7, 11) is 0. The molecule has 1 fully saturated rings. The summed E-state index contributed by atoms with van der Waals surface area (Å²) in [4.78, 5) is 27.7. The third kappa shape index (κ3) is 2.99. The Morgan fingerprint density at radius 3 is 2.95 bits per heavy atom. The minimum Gasteiger partial charge on any atom is -0.356 e. The van der Waals surface area contributed by atoms with E-state index in [2.05, 4.69) is 15.4 Å². The third-order valence-electron chi connectivity index (χ3n) is 4.09. The van der Waals surface area contributed by atoms with Crippen molar-refractivity contribution < 1.29 is 4.79 Å². The number of hydrogen-bond donors (Lipinski definition) is 2. The third-order valence-corrected chi connectivity index (χ3v) is 4.09. The van der Waals surface area contributed by atoms with Gasteiger partial charge in [-0.2, -0.15) is 0 Å². The lowest BCUT2D eigenvalue weighted by molar-refractivity contribution is -0.121. The van der Waals surface area contributed by atoms with Crippen LogP contribution in [0.3, 0.4) is 0 Å². The van der Waals surface area contributed by atoms with Gasteiger partial charge in [0.2, 0.25) is 5.91 Å². The van der Waals surface area contributed by atoms with Crippen molar-refractivity contribution in [2.75, 3.05) is 6.54 Å². The van der Waals surface area contributed by atoms with Gasteiger partial charge in [-0.25, -0.2) is 9.50 Å². The van der Waals surface area contributed by atoms with Crippen molar-refractivity contribution in [1.29, 1.82) is 0 Å². The maximum Gasteiger partial charge on any atom is 0.266 e. The Morgan fingerprint density at radius 1 is 1.48 bits per heavy atom. The predicted octanol–water partition coefficient (Wildman–Crippen LogP) is 1.10. The number of rotatable bonds is 5. The number of fused-ring (bicyclic) bond motifs is 1. The number of carbonyl (C=O) groups excluding carboxylic acids is 1. The minimum absolute atomic E-state index is 0.0850. The Bertz CT molecular complexity index is 740. The molecule has 0 spiro atoms. The molecular weight excluding hydrogens is 268 g/mol. The van der Waals surface area contributed by atoms with E-state index in [0.29, 0.717) is 24.4 Å². The number of hydrogen-bond acceptors (Lipinski definition) is 3. The predicted molar refractivity (Wildman–Crippen MR) is 79.3 cm³/mol. The van der Waals surface area contributed by atoms with Gasteiger partial charge >= 0.3 is 0 Å². The van der Waals surface area contributed by atoms with Gasteiger partial charge in [0.15, 0.2) is 5.65 Å². The highest BCUT2D eigenvalue weighted by Gasteiger charge is 2.21. The summed E-state index contributed by atoms with van der Waals surface area (Å²) < 4.78 is 1.69. The molecule has 3 rings (SSSR count). The molecule has 1 aliphatic carbocycles. The Morgan fingerprint density at radius 2 is 2.24 bits per heavy atom. The SMILES string of the molecule is Cc1nc2cc(=O)[nH]n2c(C)c1CCC(=O)NCC1CC1. The molecule has 2 aromatic heterocycles. The first-order valence-corrected chi connectivity index (χ1v) is 7.39. The zero-order chi connectivity index (χ0) is 15.0. The molecule has 6 heteroatoms. The van der Waals surface area contributed by atoms with Crippen molar-refractivity contribution >= 4 is 11.6 Å². The molecule has 0 aliphatic heterocycles. The zero-order valence-corrected chi connectivity index (χ0v) is 12.4. The fraction of sp³-hybridized carbons (Fsp3) is 0.533. The monoisotopic (exact) mass is 288 g/mol. The van der Waals surface area contributed by atoms with E-state index in [4.69, 9.17) is 0 Å². The summed E-state index contributed by atoms with van der Waals surface area (Å²) in [6.45, 7) is 4.66. The number of aromatic amines is 1. The van der Waals surface area contributed by atoms with E-state index in [1.807, 2.05) is 13.8 Å². The van der Waals surface area contributed by atoms with E-state index < -0.39 is 0 Å². The van der Waals surface area contributed by atoms with Crippen molar-refractivity contribution in [3.63, 3.8) is 0 Å². The van der Waals surface area contributed by atoms with Crippen LogP contribution in [0.25, 0.3) is 5.65 Å². The maximum atomic E-state index is 11.8. The summed E-state index contributed by atoms with van der Waals surface area (Å²) in [6.07, 6.45) is 3.56. The topological polar surface area (TPSA) is 79.3 Å². The van der Waals surface area contributed by atoms with Crippen molar-refractivity contribution in [2.45, 2.75) is 39.5 Å². The summed E-state index contributed by atoms with van der Waals surface area (Å²) in [5, 5.41) is 5.70. The highest BCUT2D eigenvalue weighted by atomic mass is 16.1. The molecule has 2 N–H and O–H groups in total. The highest BCUT2D eigenvalue weighted by molar-refractivity contribution is 5.76. The maximum absolute atomic E-state index is 11.8. The van der Waals surface area contributed by atoms with Crippen molar-refractivity contribution in [3.8, 4) is 0 Å². The Hall–Kier alpha value is -2.11. The van der Waals surface area contributed by atoms with Gasteiger partial charge < -0.3 is 5.32 Å². The minimum atomic E-state index is -0.163. The quantitative estimate of drug-likeness (QED) is 0.864. The first kappa shape index (κ1) is 13.9. The fourth-order valence-corrected chi connectivity index (χ4v) is 2.62. The van der Waals surface area contributed by atoms with E-state index in [9.17, 15) is 9.59 Å². The van der Waals surface area contributed by atoms with Gasteiger partial charge in [0, 0.05) is 30.4 Å². The van der Waals surface area contributed by atoms with E-state index >= 15 is 0 Å². The largest absolute Gasteiger partial charge is 0.356 e. The van der Waals surface area contributed by atoms with Gasteiger partial charge in [0.05, 0.1) is 0 Å². The second-order valence-electron chi connectivity index (χ2n) is 5.82. The van der Waals surface area contributed by atoms with Crippen LogP contribution in [0.2, 0.25) is 0 Å². The molecule has 0 radical (unpaired) electrons. The van der Waals surface area contributed by atoms with Crippen molar-refractivity contribution in [2.24, 2.45) is 5.92 Å². The van der Waals surface area contributed by atoms with E-state index in [1.165, 1.54) is 18.9 Å². The molecule has 0 saturated heterocycles. The van der Waals surface area contributed by atoms with E-state index in [-0.39, 0.29) is 11.5 Å². The number of aromatic nitrogens is 3. The standard InChI is InChI=1S/C15H20N4O2/c1-9-12(5-6-14(20)16-8-11-3-4-11)10(2)19-13(17-9)7-15(21)18-19/h7,11H,3-6,8H2,1-2H3,(H,16,20)(H,18,21). The average Bonchev–Trinajstić information content (AvgIpc) is 3.18. The smallest absolute Gasteiger partial charge is 0.266 e.